The number of nitrogens with zero attached hydrogens (tertiary/aromatic N) is 1. The Kier molecular flexibility index (Phi) is 4.00. The van der Waals surface area contributed by atoms with E-state index in [-0.39, 0.29) is 11.9 Å². The maximum Gasteiger partial charge on any atom is 0.243 e. The van der Waals surface area contributed by atoms with Gasteiger partial charge in [-0.2, -0.15) is 0 Å². The average Bonchev–Trinajstić information content (AvgIpc) is 2.93. The number of carbonyl (C=O) groups is 1. The predicted octanol–water partition coefficient (Wildman–Crippen LogP) is 2.94. The Labute approximate surface area is 129 Å². The van der Waals surface area contributed by atoms with Gasteiger partial charge in [-0.1, -0.05) is 18.9 Å². The maximum atomic E-state index is 13.5. The van der Waals surface area contributed by atoms with Crippen LogP contribution in [0.4, 0.5) is 8.78 Å². The smallest absolute Gasteiger partial charge is 0.243 e. The van der Waals surface area contributed by atoms with Gasteiger partial charge >= 0.3 is 0 Å². The third-order valence-corrected chi connectivity index (χ3v) is 4.73. The summed E-state index contributed by atoms with van der Waals surface area (Å²) in [5.74, 6) is -1.23. The van der Waals surface area contributed by atoms with Gasteiger partial charge in [0.15, 0.2) is 0 Å². The zero-order valence-corrected chi connectivity index (χ0v) is 12.4. The van der Waals surface area contributed by atoms with Crippen LogP contribution in [-0.4, -0.2) is 29.4 Å². The van der Waals surface area contributed by atoms with Gasteiger partial charge in [-0.15, -0.1) is 6.58 Å². The highest BCUT2D eigenvalue weighted by Gasteiger charge is 2.48. The first-order chi connectivity index (χ1) is 10.6. The van der Waals surface area contributed by atoms with Crippen molar-refractivity contribution >= 4 is 5.91 Å². The van der Waals surface area contributed by atoms with Crippen molar-refractivity contribution in [3.05, 3.63) is 48.1 Å². The van der Waals surface area contributed by atoms with Crippen LogP contribution in [0.2, 0.25) is 0 Å². The molecule has 1 N–H and O–H groups in total. The molecule has 0 unspecified atom stereocenters. The Morgan fingerprint density at radius 2 is 1.91 bits per heavy atom. The lowest BCUT2D eigenvalue weighted by atomic mass is 9.89. The summed E-state index contributed by atoms with van der Waals surface area (Å²) in [7, 11) is 0. The van der Waals surface area contributed by atoms with Crippen LogP contribution >= 0.6 is 0 Å². The largest absolute Gasteiger partial charge is 0.329 e. The number of benzene rings is 1. The standard InChI is InChI=1S/C17H20F2N2O/c1-2-7-21-15(12-8-13(18)10-14(19)9-12)11-20-17(16(21)22)5-3-4-6-17/h2,8-10,15,20H,1,3-7,11H2/t15-/m0/s1. The molecular weight excluding hydrogens is 286 g/mol. The van der Waals surface area contributed by atoms with Crippen LogP contribution in [0.25, 0.3) is 0 Å². The first kappa shape index (κ1) is 15.2. The molecule has 3 rings (SSSR count). The fourth-order valence-electron chi connectivity index (χ4n) is 3.68. The highest BCUT2D eigenvalue weighted by atomic mass is 19.1. The van der Waals surface area contributed by atoms with Gasteiger partial charge in [0.25, 0.3) is 0 Å². The zero-order chi connectivity index (χ0) is 15.7. The van der Waals surface area contributed by atoms with Crippen molar-refractivity contribution in [2.75, 3.05) is 13.1 Å². The molecule has 1 aliphatic heterocycles. The van der Waals surface area contributed by atoms with Crippen molar-refractivity contribution in [3.63, 3.8) is 0 Å². The fourth-order valence-corrected chi connectivity index (χ4v) is 3.68. The molecule has 1 heterocycles. The normalized spacial score (nSPS) is 24.0. The summed E-state index contributed by atoms with van der Waals surface area (Å²) in [5, 5.41) is 3.35. The first-order valence-electron chi connectivity index (χ1n) is 7.69. The minimum atomic E-state index is -0.623. The van der Waals surface area contributed by atoms with Crippen LogP contribution in [0.5, 0.6) is 0 Å². The van der Waals surface area contributed by atoms with Crippen molar-refractivity contribution in [1.29, 1.82) is 0 Å². The van der Waals surface area contributed by atoms with Crippen LogP contribution < -0.4 is 5.32 Å². The summed E-state index contributed by atoms with van der Waals surface area (Å²) in [4.78, 5) is 14.6. The van der Waals surface area contributed by atoms with E-state index in [1.807, 2.05) is 0 Å². The Bertz CT molecular complexity index is 576. The molecule has 1 aromatic carbocycles. The molecule has 1 saturated carbocycles. The molecule has 1 saturated heterocycles. The van der Waals surface area contributed by atoms with Crippen LogP contribution in [0, 0.1) is 11.6 Å². The molecule has 22 heavy (non-hydrogen) atoms. The summed E-state index contributed by atoms with van der Waals surface area (Å²) in [6.07, 6.45) is 5.36. The molecule has 1 spiro atoms. The second-order valence-electron chi connectivity index (χ2n) is 6.13. The van der Waals surface area contributed by atoms with E-state index >= 15 is 0 Å². The molecule has 0 radical (unpaired) electrons. The number of nitrogens with one attached hydrogen (secondary N) is 1. The summed E-state index contributed by atoms with van der Waals surface area (Å²) in [6, 6.07) is 3.07. The number of carbonyl (C=O) groups excluding carboxylic acids is 1. The van der Waals surface area contributed by atoms with E-state index in [9.17, 15) is 13.6 Å². The van der Waals surface area contributed by atoms with E-state index in [4.69, 9.17) is 0 Å². The van der Waals surface area contributed by atoms with Gasteiger partial charge in [-0.05, 0) is 30.5 Å². The predicted molar refractivity (Wildman–Crippen MR) is 80.2 cm³/mol. The third kappa shape index (κ3) is 2.54. The lowest BCUT2D eigenvalue weighted by Gasteiger charge is -2.45. The quantitative estimate of drug-likeness (QED) is 0.871. The van der Waals surface area contributed by atoms with Crippen LogP contribution in [-0.2, 0) is 4.79 Å². The SMILES string of the molecule is C=CCN1C(=O)C2(CCCC2)NC[C@H]1c1cc(F)cc(F)c1. The average molecular weight is 306 g/mol. The van der Waals surface area contributed by atoms with E-state index in [1.54, 1.807) is 11.0 Å². The minimum Gasteiger partial charge on any atom is -0.329 e. The van der Waals surface area contributed by atoms with Crippen molar-refractivity contribution in [1.82, 2.24) is 10.2 Å². The van der Waals surface area contributed by atoms with Crippen LogP contribution in [0.3, 0.4) is 0 Å². The monoisotopic (exact) mass is 306 g/mol. The minimum absolute atomic E-state index is 0.0193. The number of halogens is 2. The molecular formula is C17H20F2N2O. The highest BCUT2D eigenvalue weighted by molar-refractivity contribution is 5.88. The second kappa shape index (κ2) is 5.80. The summed E-state index contributed by atoms with van der Waals surface area (Å²) in [5.41, 5.74) is -0.0150. The number of rotatable bonds is 3. The van der Waals surface area contributed by atoms with Crippen molar-refractivity contribution in [3.8, 4) is 0 Å². The summed E-state index contributed by atoms with van der Waals surface area (Å²) >= 11 is 0. The molecule has 2 aliphatic rings. The molecule has 0 aromatic heterocycles. The van der Waals surface area contributed by atoms with Crippen molar-refractivity contribution in [2.24, 2.45) is 0 Å². The Hall–Kier alpha value is -1.75. The zero-order valence-electron chi connectivity index (χ0n) is 12.4. The lowest BCUT2D eigenvalue weighted by Crippen LogP contribution is -2.63. The van der Waals surface area contributed by atoms with Gasteiger partial charge in [0.1, 0.15) is 11.6 Å². The summed E-state index contributed by atoms with van der Waals surface area (Å²) < 4.78 is 27.0. The maximum absolute atomic E-state index is 13.5. The molecule has 118 valence electrons. The Morgan fingerprint density at radius 3 is 2.50 bits per heavy atom. The Balaban J connectivity index is 1.94. The molecule has 1 aliphatic carbocycles. The van der Waals surface area contributed by atoms with Gasteiger partial charge in [-0.3, -0.25) is 4.79 Å². The van der Waals surface area contributed by atoms with Crippen LogP contribution in [0.15, 0.2) is 30.9 Å². The number of amides is 1. The Morgan fingerprint density at radius 1 is 1.27 bits per heavy atom. The lowest BCUT2D eigenvalue weighted by molar-refractivity contribution is -0.144. The van der Waals surface area contributed by atoms with Gasteiger partial charge in [0.05, 0.1) is 11.6 Å². The first-order valence-corrected chi connectivity index (χ1v) is 7.69. The van der Waals surface area contributed by atoms with Gasteiger partial charge < -0.3 is 10.2 Å². The second-order valence-corrected chi connectivity index (χ2v) is 6.13. The molecule has 1 atom stereocenters. The molecule has 5 heteroatoms. The molecule has 2 fully saturated rings. The van der Waals surface area contributed by atoms with E-state index in [0.717, 1.165) is 31.7 Å². The third-order valence-electron chi connectivity index (χ3n) is 4.73. The van der Waals surface area contributed by atoms with Gasteiger partial charge in [0, 0.05) is 19.2 Å². The van der Waals surface area contributed by atoms with Crippen molar-refractivity contribution in [2.45, 2.75) is 37.3 Å². The summed E-state index contributed by atoms with van der Waals surface area (Å²) in [6.45, 7) is 4.59. The number of hydrogen-bond acceptors (Lipinski definition) is 2. The molecule has 0 bridgehead atoms. The fraction of sp³-hybridized carbons (Fsp3) is 0.471. The molecule has 1 amide bonds. The van der Waals surface area contributed by atoms with Gasteiger partial charge in [0.2, 0.25) is 5.91 Å². The van der Waals surface area contributed by atoms with E-state index < -0.39 is 17.2 Å². The van der Waals surface area contributed by atoms with Crippen LogP contribution in [0.1, 0.15) is 37.3 Å². The van der Waals surface area contributed by atoms with E-state index in [0.29, 0.717) is 18.7 Å². The topological polar surface area (TPSA) is 32.3 Å². The van der Waals surface area contributed by atoms with Gasteiger partial charge in [-0.25, -0.2) is 8.78 Å². The molecule has 1 aromatic rings. The van der Waals surface area contributed by atoms with E-state index in [1.165, 1.54) is 12.1 Å². The van der Waals surface area contributed by atoms with Crippen molar-refractivity contribution < 1.29 is 13.6 Å². The highest BCUT2D eigenvalue weighted by Crippen LogP contribution is 2.37. The van der Waals surface area contributed by atoms with E-state index in [2.05, 4.69) is 11.9 Å². The number of hydrogen-bond donors (Lipinski definition) is 1. The molecule has 3 nitrogen and oxygen atoms in total. The number of piperazine rings is 1.